The lowest BCUT2D eigenvalue weighted by molar-refractivity contribution is 0.0398. The number of pyridine rings is 1. The number of morpholine rings is 1. The van der Waals surface area contributed by atoms with Gasteiger partial charge in [-0.2, -0.15) is 0 Å². The average molecular weight is 319 g/mol. The third kappa shape index (κ3) is 4.38. The first-order valence-electron chi connectivity index (χ1n) is 6.84. The van der Waals surface area contributed by atoms with Crippen molar-refractivity contribution in [3.8, 4) is 0 Å². The minimum absolute atomic E-state index is 0.538. The molecule has 0 radical (unpaired) electrons. The first kappa shape index (κ1) is 15.6. The summed E-state index contributed by atoms with van der Waals surface area (Å²) in [5.74, 6) is 1.33. The highest BCUT2D eigenvalue weighted by Gasteiger charge is 2.11. The number of rotatable bonds is 6. The maximum Gasteiger partial charge on any atom is 0.147 e. The van der Waals surface area contributed by atoms with Crippen LogP contribution in [0, 0.1) is 0 Å². The second-order valence-electron chi connectivity index (χ2n) is 4.56. The van der Waals surface area contributed by atoms with Crippen LogP contribution in [0.5, 0.6) is 0 Å². The van der Waals surface area contributed by atoms with Gasteiger partial charge in [0, 0.05) is 32.7 Å². The lowest BCUT2D eigenvalue weighted by atomic mass is 10.4. The number of halogens is 2. The Hall–Kier alpha value is -0.750. The summed E-state index contributed by atoms with van der Waals surface area (Å²) in [6.45, 7) is 8.08. The average Bonchev–Trinajstić information content (AvgIpc) is 2.45. The van der Waals surface area contributed by atoms with E-state index < -0.39 is 0 Å². The number of hydrogen-bond acceptors (Lipinski definition) is 5. The van der Waals surface area contributed by atoms with E-state index in [1.54, 1.807) is 6.07 Å². The van der Waals surface area contributed by atoms with E-state index in [0.29, 0.717) is 21.7 Å². The summed E-state index contributed by atoms with van der Waals surface area (Å²) in [7, 11) is 0. The van der Waals surface area contributed by atoms with Crippen LogP contribution < -0.4 is 10.6 Å². The Labute approximate surface area is 129 Å². The molecule has 1 aromatic heterocycles. The molecule has 0 atom stereocenters. The van der Waals surface area contributed by atoms with Gasteiger partial charge in [0.2, 0.25) is 0 Å². The molecular formula is C13H20Cl2N4O. The van der Waals surface area contributed by atoms with E-state index in [1.807, 2.05) is 6.92 Å². The van der Waals surface area contributed by atoms with Crippen LogP contribution in [0.15, 0.2) is 6.07 Å². The smallest absolute Gasteiger partial charge is 0.147 e. The first-order valence-corrected chi connectivity index (χ1v) is 7.60. The van der Waals surface area contributed by atoms with E-state index in [0.717, 1.165) is 45.9 Å². The predicted molar refractivity (Wildman–Crippen MR) is 84.2 cm³/mol. The standard InChI is InChI=1S/C13H20Cl2N4O/c1-2-16-12-10(14)9-11(15)13(18-12)17-3-4-19-5-7-20-8-6-19/h9H,2-8H2,1H3,(H2,16,17,18). The van der Waals surface area contributed by atoms with Crippen LogP contribution in [0.3, 0.4) is 0 Å². The Kier molecular flexibility index (Phi) is 6.16. The summed E-state index contributed by atoms with van der Waals surface area (Å²) >= 11 is 12.2. The van der Waals surface area contributed by atoms with Crippen molar-refractivity contribution in [1.29, 1.82) is 0 Å². The number of nitrogens with zero attached hydrogens (tertiary/aromatic N) is 2. The van der Waals surface area contributed by atoms with E-state index in [-0.39, 0.29) is 0 Å². The fourth-order valence-electron chi connectivity index (χ4n) is 2.04. The molecule has 0 aromatic carbocycles. The molecule has 1 fully saturated rings. The molecule has 0 spiro atoms. The normalized spacial score (nSPS) is 16.1. The Morgan fingerprint density at radius 1 is 1.20 bits per heavy atom. The third-order valence-corrected chi connectivity index (χ3v) is 3.67. The van der Waals surface area contributed by atoms with Gasteiger partial charge < -0.3 is 15.4 Å². The molecule has 7 heteroatoms. The molecule has 0 bridgehead atoms. The summed E-state index contributed by atoms with van der Waals surface area (Å²) < 4.78 is 5.32. The highest BCUT2D eigenvalue weighted by Crippen LogP contribution is 2.28. The number of aromatic nitrogens is 1. The quantitative estimate of drug-likeness (QED) is 0.844. The minimum Gasteiger partial charge on any atom is -0.379 e. The zero-order valence-corrected chi connectivity index (χ0v) is 13.1. The molecule has 112 valence electrons. The van der Waals surface area contributed by atoms with Crippen LogP contribution in [-0.4, -0.2) is 55.8 Å². The van der Waals surface area contributed by atoms with E-state index >= 15 is 0 Å². The molecule has 20 heavy (non-hydrogen) atoms. The Bertz CT molecular complexity index is 439. The van der Waals surface area contributed by atoms with E-state index in [2.05, 4.69) is 20.5 Å². The van der Waals surface area contributed by atoms with Gasteiger partial charge in [-0.25, -0.2) is 4.98 Å². The maximum absolute atomic E-state index is 6.15. The zero-order valence-electron chi connectivity index (χ0n) is 11.6. The van der Waals surface area contributed by atoms with Crippen molar-refractivity contribution < 1.29 is 4.74 Å². The van der Waals surface area contributed by atoms with Crippen molar-refractivity contribution in [2.24, 2.45) is 0 Å². The SMILES string of the molecule is CCNc1nc(NCCN2CCOCC2)c(Cl)cc1Cl. The number of anilines is 2. The molecule has 0 saturated carbocycles. The predicted octanol–water partition coefficient (Wildman–Crippen LogP) is 2.56. The second-order valence-corrected chi connectivity index (χ2v) is 5.37. The highest BCUT2D eigenvalue weighted by molar-refractivity contribution is 6.37. The molecular weight excluding hydrogens is 299 g/mol. The molecule has 0 aliphatic carbocycles. The molecule has 1 aromatic rings. The fraction of sp³-hybridized carbons (Fsp3) is 0.615. The maximum atomic E-state index is 6.15. The van der Waals surface area contributed by atoms with E-state index in [4.69, 9.17) is 27.9 Å². The molecule has 5 nitrogen and oxygen atoms in total. The summed E-state index contributed by atoms with van der Waals surface area (Å²) in [6.07, 6.45) is 0. The summed E-state index contributed by atoms with van der Waals surface area (Å²) in [4.78, 5) is 6.77. The number of nitrogens with one attached hydrogen (secondary N) is 2. The van der Waals surface area contributed by atoms with Gasteiger partial charge in [0.25, 0.3) is 0 Å². The van der Waals surface area contributed by atoms with Crippen LogP contribution in [0.1, 0.15) is 6.92 Å². The van der Waals surface area contributed by atoms with Crippen LogP contribution in [0.4, 0.5) is 11.6 Å². The van der Waals surface area contributed by atoms with Crippen LogP contribution >= 0.6 is 23.2 Å². The molecule has 0 amide bonds. The van der Waals surface area contributed by atoms with E-state index in [9.17, 15) is 0 Å². The topological polar surface area (TPSA) is 49.4 Å². The van der Waals surface area contributed by atoms with Crippen LogP contribution in [0.25, 0.3) is 0 Å². The Morgan fingerprint density at radius 2 is 1.85 bits per heavy atom. The Morgan fingerprint density at radius 3 is 2.50 bits per heavy atom. The summed E-state index contributed by atoms with van der Waals surface area (Å²) in [6, 6.07) is 1.71. The molecule has 1 aliphatic heterocycles. The molecule has 1 aliphatic rings. The van der Waals surface area contributed by atoms with Gasteiger partial charge in [-0.1, -0.05) is 23.2 Å². The molecule has 2 rings (SSSR count). The van der Waals surface area contributed by atoms with Gasteiger partial charge >= 0.3 is 0 Å². The molecule has 2 heterocycles. The van der Waals surface area contributed by atoms with Crippen LogP contribution in [0.2, 0.25) is 10.0 Å². The lowest BCUT2D eigenvalue weighted by Crippen LogP contribution is -2.39. The number of hydrogen-bond donors (Lipinski definition) is 2. The molecule has 2 N–H and O–H groups in total. The zero-order chi connectivity index (χ0) is 14.4. The second kappa shape index (κ2) is 7.88. The van der Waals surface area contributed by atoms with Crippen LogP contribution in [-0.2, 0) is 4.74 Å². The largest absolute Gasteiger partial charge is 0.379 e. The fourth-order valence-corrected chi connectivity index (χ4v) is 2.53. The summed E-state index contributed by atoms with van der Waals surface area (Å²) in [5, 5.41) is 7.45. The van der Waals surface area contributed by atoms with Crippen molar-refractivity contribution in [3.63, 3.8) is 0 Å². The first-order chi connectivity index (χ1) is 9.70. The summed E-state index contributed by atoms with van der Waals surface area (Å²) in [5.41, 5.74) is 0. The van der Waals surface area contributed by atoms with Crippen molar-refractivity contribution >= 4 is 34.8 Å². The highest BCUT2D eigenvalue weighted by atomic mass is 35.5. The third-order valence-electron chi connectivity index (χ3n) is 3.10. The lowest BCUT2D eigenvalue weighted by Gasteiger charge is -2.26. The molecule has 1 saturated heterocycles. The minimum atomic E-state index is 0.538. The monoisotopic (exact) mass is 318 g/mol. The molecule has 0 unspecified atom stereocenters. The van der Waals surface area contributed by atoms with Gasteiger partial charge in [0.1, 0.15) is 11.6 Å². The van der Waals surface area contributed by atoms with Gasteiger partial charge in [0.05, 0.1) is 23.3 Å². The Balaban J connectivity index is 1.89. The van der Waals surface area contributed by atoms with Crippen molar-refractivity contribution in [1.82, 2.24) is 9.88 Å². The van der Waals surface area contributed by atoms with Crippen molar-refractivity contribution in [2.45, 2.75) is 6.92 Å². The van der Waals surface area contributed by atoms with E-state index in [1.165, 1.54) is 0 Å². The van der Waals surface area contributed by atoms with Gasteiger partial charge in [-0.05, 0) is 13.0 Å². The van der Waals surface area contributed by atoms with Crippen molar-refractivity contribution in [2.75, 3.05) is 56.6 Å². The van der Waals surface area contributed by atoms with Gasteiger partial charge in [-0.15, -0.1) is 0 Å². The van der Waals surface area contributed by atoms with Gasteiger partial charge in [0.15, 0.2) is 0 Å². The van der Waals surface area contributed by atoms with Gasteiger partial charge in [-0.3, -0.25) is 4.90 Å². The van der Waals surface area contributed by atoms with Crippen molar-refractivity contribution in [3.05, 3.63) is 16.1 Å². The number of ether oxygens (including phenoxy) is 1.